The number of piperidine rings is 1. The zero-order chi connectivity index (χ0) is 71.4. The lowest BCUT2D eigenvalue weighted by Gasteiger charge is -2.41. The molecular weight excluding hydrogens is 1350 g/mol. The number of aliphatic hydroxyl groups excluding tert-OH is 1. The number of hydrogen-bond donors (Lipinski definition) is 4. The highest BCUT2D eigenvalue weighted by Gasteiger charge is 2.45. The second-order valence-electron chi connectivity index (χ2n) is 26.0. The van der Waals surface area contributed by atoms with E-state index in [0.29, 0.717) is 122 Å². The molecule has 1 atom stereocenters. The van der Waals surface area contributed by atoms with E-state index in [1.807, 2.05) is 47.2 Å². The Morgan fingerprint density at radius 2 is 0.971 bits per heavy atom. The Hall–Kier alpha value is -11.4. The summed E-state index contributed by atoms with van der Waals surface area (Å²) in [6.07, 6.45) is 7.93. The summed E-state index contributed by atoms with van der Waals surface area (Å²) in [6.45, 7) is 7.65. The lowest BCUT2D eigenvalue weighted by Crippen LogP contribution is -2.59. The number of nitrogens with one attached hydrogen (secondary N) is 3. The van der Waals surface area contributed by atoms with Gasteiger partial charge in [0.25, 0.3) is 17.7 Å². The standard InChI is InChI=1S/C25H25FN8O3S.C23H19FN6O3.C23H21FN6O2/c1-31-14-17(15-31)38(36,37)33-9-7-32(8-10-33)22-5-6-34(30-22)21-11-19(29-20-13-28-25(35)24(20)21)23-16(12-27)3-2-4-18(23)26;24-15-3-1-2-14(11-25)20(15)16-10-18(21-17(27-16)12-26-22(21)31)30-6-4-19(28-30)29-7-5-23(13-29)32-8-9-33-23;24-16-5-1-4-15(10-25)21(16)17-9-19(22-18(27-17)11-26-23(22)32)30-8-6-20(28-30)29-7-2-3-14(12-29)13-31/h2-6,11,17H,7-10,13-15H2,1H3,(H,28,35);1-4,6,10H,5,7-9,12-13H2,(H,26,31);1,4-6,8-9,14,31H,2-3,7,11-13H2,(H,26,32)/t;;14-/m..0/s1. The molecule has 28 nitrogen and oxygen atoms in total. The number of likely N-dealkylation sites (tertiary alicyclic amines) is 1. The van der Waals surface area contributed by atoms with Crippen LogP contribution in [0.2, 0.25) is 0 Å². The molecule has 3 aromatic carbocycles. The van der Waals surface area contributed by atoms with Gasteiger partial charge in [0.05, 0.1) is 159 Å². The van der Waals surface area contributed by atoms with E-state index in [1.165, 1.54) is 48.5 Å². The predicted molar refractivity (Wildman–Crippen MR) is 365 cm³/mol. The molecule has 17 rings (SSSR count). The minimum atomic E-state index is -3.32. The number of benzene rings is 3. The van der Waals surface area contributed by atoms with E-state index in [9.17, 15) is 56.9 Å². The number of halogens is 3. The van der Waals surface area contributed by atoms with Gasteiger partial charge in [-0.2, -0.15) is 35.4 Å². The van der Waals surface area contributed by atoms with E-state index in [1.54, 1.807) is 67.3 Å². The molecule has 0 unspecified atom stereocenters. The number of sulfonamides is 1. The molecule has 0 radical (unpaired) electrons. The average molecular weight is 1420 g/mol. The van der Waals surface area contributed by atoms with Crippen LogP contribution in [0.4, 0.5) is 30.6 Å². The first-order valence-corrected chi connectivity index (χ1v) is 34.9. The number of carbonyl (C=O) groups excluding carboxylic acids is 3. The maximum atomic E-state index is 14.8. The molecule has 8 aliphatic heterocycles. The van der Waals surface area contributed by atoms with Crippen molar-refractivity contribution >= 4 is 45.2 Å². The van der Waals surface area contributed by atoms with Crippen LogP contribution >= 0.6 is 0 Å². The zero-order valence-corrected chi connectivity index (χ0v) is 56.2. The van der Waals surface area contributed by atoms with Gasteiger partial charge in [0.1, 0.15) is 22.7 Å². The zero-order valence-electron chi connectivity index (χ0n) is 55.4. The minimum absolute atomic E-state index is 0.0702. The highest BCUT2D eigenvalue weighted by atomic mass is 32.2. The van der Waals surface area contributed by atoms with Gasteiger partial charge in [0.2, 0.25) is 10.0 Å². The average Bonchev–Trinajstić information content (AvgIpc) is 1.67. The van der Waals surface area contributed by atoms with Crippen LogP contribution < -0.4 is 30.7 Å². The van der Waals surface area contributed by atoms with E-state index in [4.69, 9.17) is 14.6 Å². The Kier molecular flexibility index (Phi) is 18.0. The number of ether oxygens (including phenoxy) is 2. The molecule has 5 saturated heterocycles. The van der Waals surface area contributed by atoms with Gasteiger partial charge in [-0.3, -0.25) is 14.4 Å². The van der Waals surface area contributed by atoms with Gasteiger partial charge >= 0.3 is 0 Å². The molecule has 5 fully saturated rings. The monoisotopic (exact) mass is 1410 g/mol. The Labute approximate surface area is 587 Å². The molecular formula is C71H65F3N20O8S. The number of anilines is 3. The fourth-order valence-electron chi connectivity index (χ4n) is 14.4. The van der Waals surface area contributed by atoms with Crippen molar-refractivity contribution in [1.82, 2.24) is 69.4 Å². The molecule has 8 aliphatic rings. The number of carbonyl (C=O) groups is 3. The maximum Gasteiger partial charge on any atom is 0.255 e. The van der Waals surface area contributed by atoms with Crippen LogP contribution in [0.3, 0.4) is 0 Å². The molecule has 9 aromatic rings. The molecule has 0 saturated carbocycles. The normalized spacial score (nSPS) is 18.3. The lowest BCUT2D eigenvalue weighted by atomic mass is 9.99. The third kappa shape index (κ3) is 12.7. The van der Waals surface area contributed by atoms with E-state index in [0.717, 1.165) is 44.0 Å². The quantitative estimate of drug-likeness (QED) is 0.117. The van der Waals surface area contributed by atoms with E-state index < -0.39 is 33.3 Å². The fourth-order valence-corrected chi connectivity index (χ4v) is 16.3. The minimum Gasteiger partial charge on any atom is -0.396 e. The maximum absolute atomic E-state index is 14.8. The summed E-state index contributed by atoms with van der Waals surface area (Å²) in [5, 5.41) is 60.0. The molecule has 6 aromatic heterocycles. The molecule has 14 heterocycles. The van der Waals surface area contributed by atoms with Gasteiger partial charge in [0.15, 0.2) is 23.2 Å². The number of aromatic nitrogens is 9. The van der Waals surface area contributed by atoms with Crippen molar-refractivity contribution in [2.45, 2.75) is 49.9 Å². The lowest BCUT2D eigenvalue weighted by molar-refractivity contribution is -0.137. The number of aliphatic hydroxyl groups is 1. The number of pyridine rings is 3. The van der Waals surface area contributed by atoms with Gasteiger partial charge in [0, 0.05) is 109 Å². The number of hydrogen-bond acceptors (Lipinski definition) is 21. The first-order chi connectivity index (χ1) is 49.9. The summed E-state index contributed by atoms with van der Waals surface area (Å²) in [4.78, 5) is 59.4. The van der Waals surface area contributed by atoms with Crippen molar-refractivity contribution in [3.05, 3.63) is 178 Å². The van der Waals surface area contributed by atoms with Crippen LogP contribution in [0.25, 0.3) is 50.8 Å². The summed E-state index contributed by atoms with van der Waals surface area (Å²) in [5.41, 5.74) is 5.51. The number of fused-ring (bicyclic) bond motifs is 3. The highest BCUT2D eigenvalue weighted by molar-refractivity contribution is 7.89. The second-order valence-corrected chi connectivity index (χ2v) is 28.2. The summed E-state index contributed by atoms with van der Waals surface area (Å²) in [7, 11) is -1.41. The first kappa shape index (κ1) is 67.4. The van der Waals surface area contributed by atoms with Crippen LogP contribution in [0, 0.1) is 57.4 Å². The van der Waals surface area contributed by atoms with Crippen LogP contribution in [-0.4, -0.2) is 188 Å². The van der Waals surface area contributed by atoms with Gasteiger partial charge in [-0.05, 0) is 80.4 Å². The number of nitriles is 3. The van der Waals surface area contributed by atoms with Crippen LogP contribution in [0.15, 0.2) is 110 Å². The molecule has 4 N–H and O–H groups in total. The Morgan fingerprint density at radius 3 is 1.38 bits per heavy atom. The Balaban J connectivity index is 0.000000125. The smallest absolute Gasteiger partial charge is 0.255 e. The third-order valence-electron chi connectivity index (χ3n) is 19.6. The number of nitrogens with zero attached hydrogens (tertiary/aromatic N) is 17. The van der Waals surface area contributed by atoms with Crippen LogP contribution in [0.5, 0.6) is 0 Å². The van der Waals surface area contributed by atoms with Crippen molar-refractivity contribution in [2.24, 2.45) is 5.92 Å². The van der Waals surface area contributed by atoms with Crippen molar-refractivity contribution in [1.29, 1.82) is 15.8 Å². The molecule has 1 spiro atoms. The van der Waals surface area contributed by atoms with Gasteiger partial charge in [-0.15, -0.1) is 0 Å². The second kappa shape index (κ2) is 27.5. The van der Waals surface area contributed by atoms with E-state index in [2.05, 4.69) is 50.9 Å². The first-order valence-electron chi connectivity index (χ1n) is 33.4. The summed E-state index contributed by atoms with van der Waals surface area (Å²) < 4.78 is 87.8. The van der Waals surface area contributed by atoms with Crippen LogP contribution in [0.1, 0.15) is 84.1 Å². The van der Waals surface area contributed by atoms with Gasteiger partial charge in [-0.1, -0.05) is 18.2 Å². The van der Waals surface area contributed by atoms with Gasteiger partial charge < -0.3 is 50.1 Å². The van der Waals surface area contributed by atoms with Crippen molar-refractivity contribution in [2.75, 3.05) is 107 Å². The van der Waals surface area contributed by atoms with E-state index in [-0.39, 0.29) is 106 Å². The number of piperazine rings is 1. The summed E-state index contributed by atoms with van der Waals surface area (Å²) >= 11 is 0. The SMILES string of the molecule is CN1CC(S(=O)(=O)N2CCN(c3ccn(-c4cc(-c5c(F)cccc5C#N)nc5c4C(=O)NC5)n3)CC2)C1.N#Cc1cccc(F)c1-c1cc(-n2ccc(N3CCC4(C3)OCCO4)n2)c2c(n1)CNC2=O.N#Cc1cccc(F)c1-c1cc(-n2ccc(N3CCC[C@H](CO)C3)n2)c2c(n1)CNC2=O. The molecule has 3 amide bonds. The largest absolute Gasteiger partial charge is 0.396 e. The van der Waals surface area contributed by atoms with Crippen molar-refractivity contribution in [3.8, 4) is 69.0 Å². The molecule has 103 heavy (non-hydrogen) atoms. The van der Waals surface area contributed by atoms with Crippen molar-refractivity contribution < 1.29 is 50.6 Å². The molecule has 32 heteroatoms. The summed E-state index contributed by atoms with van der Waals surface area (Å²) in [6, 6.07) is 29.2. The predicted octanol–water partition coefficient (Wildman–Crippen LogP) is 5.49. The highest BCUT2D eigenvalue weighted by Crippen LogP contribution is 2.38. The van der Waals surface area contributed by atoms with Crippen LogP contribution in [-0.2, 0) is 39.1 Å². The molecule has 524 valence electrons. The molecule has 0 bridgehead atoms. The number of rotatable bonds is 12. The number of amides is 3. The summed E-state index contributed by atoms with van der Waals surface area (Å²) in [5.74, 6) is -0.778. The fraction of sp³-hybridized carbons (Fsp3) is 0.324. The van der Waals surface area contributed by atoms with Crippen molar-refractivity contribution in [3.63, 3.8) is 0 Å². The third-order valence-corrected chi connectivity index (χ3v) is 21.8. The van der Waals surface area contributed by atoms with Gasteiger partial charge in [-0.25, -0.2) is 50.6 Å². The topological polar surface area (TPSA) is 340 Å². The molecule has 0 aliphatic carbocycles. The Morgan fingerprint density at radius 1 is 0.553 bits per heavy atom. The Bertz CT molecular complexity index is 5160. The van der Waals surface area contributed by atoms with E-state index >= 15 is 0 Å².